The number of piperidine rings is 1. The number of imidazole rings is 1. The van der Waals surface area contributed by atoms with E-state index in [9.17, 15) is 19.5 Å². The van der Waals surface area contributed by atoms with Crippen LogP contribution in [0.25, 0.3) is 0 Å². The molecule has 1 aliphatic rings. The molecule has 0 spiro atoms. The summed E-state index contributed by atoms with van der Waals surface area (Å²) in [6.07, 6.45) is 0.934. The summed E-state index contributed by atoms with van der Waals surface area (Å²) in [5, 5.41) is 13.2. The highest BCUT2D eigenvalue weighted by Crippen LogP contribution is 2.35. The van der Waals surface area contributed by atoms with Gasteiger partial charge in [0.2, 0.25) is 11.8 Å². The van der Waals surface area contributed by atoms with Crippen molar-refractivity contribution in [2.24, 2.45) is 5.73 Å². The Labute approximate surface area is 203 Å². The number of nitrogens with one attached hydrogen (secondary N) is 1. The number of aromatic carboxylic acids is 1. The fourth-order valence-corrected chi connectivity index (χ4v) is 4.63. The van der Waals surface area contributed by atoms with Crippen molar-refractivity contribution >= 4 is 35.1 Å². The summed E-state index contributed by atoms with van der Waals surface area (Å²) in [6.45, 7) is 4.40. The molecule has 2 unspecified atom stereocenters. The molecule has 0 bridgehead atoms. The summed E-state index contributed by atoms with van der Waals surface area (Å²) in [5.41, 5.74) is 6.51. The highest BCUT2D eigenvalue weighted by Gasteiger charge is 2.38. The van der Waals surface area contributed by atoms with Crippen LogP contribution < -0.4 is 11.1 Å². The number of aromatic nitrogens is 2. The molecule has 2 amide bonds. The number of carbonyl (C=O) groups is 3. The summed E-state index contributed by atoms with van der Waals surface area (Å²) in [5.74, 6) is -2.02. The third-order valence-corrected chi connectivity index (χ3v) is 6.27. The molecule has 1 fully saturated rings. The standard InChI is InChI=1S/C23H30ClN5O5/c1-13(2)28-9-8-14(10-17(28)22(25)31)21-20(23(32)33)27-18(12-34-3)29(21)11-19(30)26-16-6-4-15(24)5-7-16/h4-7,13-14,17H,8-12H2,1-3H3,(H2,25,31)(H,26,30)(H,32,33). The summed E-state index contributed by atoms with van der Waals surface area (Å²) < 4.78 is 6.81. The minimum Gasteiger partial charge on any atom is -0.476 e. The minimum atomic E-state index is -1.20. The lowest BCUT2D eigenvalue weighted by atomic mass is 9.86. The van der Waals surface area contributed by atoms with E-state index in [0.29, 0.717) is 41.6 Å². The second-order valence-corrected chi connectivity index (χ2v) is 9.05. The van der Waals surface area contributed by atoms with Crippen molar-refractivity contribution in [3.05, 3.63) is 46.5 Å². The average Bonchev–Trinajstić information content (AvgIpc) is 3.13. The molecule has 1 aromatic heterocycles. The maximum atomic E-state index is 12.9. The maximum Gasteiger partial charge on any atom is 0.356 e. The Kier molecular flexibility index (Phi) is 8.29. The number of nitrogens with two attached hydrogens (primary N) is 1. The van der Waals surface area contributed by atoms with Crippen molar-refractivity contribution in [1.82, 2.24) is 14.5 Å². The molecule has 1 aromatic carbocycles. The lowest BCUT2D eigenvalue weighted by molar-refractivity contribution is -0.125. The first-order valence-corrected chi connectivity index (χ1v) is 11.4. The number of carbonyl (C=O) groups excluding carboxylic acids is 2. The zero-order chi connectivity index (χ0) is 25.0. The van der Waals surface area contributed by atoms with Gasteiger partial charge in [-0.1, -0.05) is 11.6 Å². The second kappa shape index (κ2) is 11.0. The van der Waals surface area contributed by atoms with Crippen LogP contribution in [0.1, 0.15) is 54.6 Å². The Bertz CT molecular complexity index is 1050. The Balaban J connectivity index is 1.96. The number of carboxylic acids is 1. The molecule has 1 aliphatic heterocycles. The van der Waals surface area contributed by atoms with Gasteiger partial charge in [-0.2, -0.15) is 0 Å². The van der Waals surface area contributed by atoms with Crippen molar-refractivity contribution in [3.63, 3.8) is 0 Å². The van der Waals surface area contributed by atoms with Crippen LogP contribution in [-0.2, 0) is 27.5 Å². The monoisotopic (exact) mass is 491 g/mol. The van der Waals surface area contributed by atoms with Gasteiger partial charge in [-0.15, -0.1) is 0 Å². The van der Waals surface area contributed by atoms with E-state index in [0.717, 1.165) is 0 Å². The van der Waals surface area contributed by atoms with E-state index in [2.05, 4.69) is 10.3 Å². The van der Waals surface area contributed by atoms with Gasteiger partial charge in [0.25, 0.3) is 0 Å². The van der Waals surface area contributed by atoms with Crippen LogP contribution in [-0.4, -0.2) is 63.1 Å². The van der Waals surface area contributed by atoms with Crippen molar-refractivity contribution in [3.8, 4) is 0 Å². The van der Waals surface area contributed by atoms with E-state index < -0.39 is 17.9 Å². The summed E-state index contributed by atoms with van der Waals surface area (Å²) in [6, 6.07) is 6.23. The Hall–Kier alpha value is -2.95. The van der Waals surface area contributed by atoms with Gasteiger partial charge in [-0.25, -0.2) is 9.78 Å². The Morgan fingerprint density at radius 1 is 1.29 bits per heavy atom. The predicted molar refractivity (Wildman–Crippen MR) is 127 cm³/mol. The van der Waals surface area contributed by atoms with Crippen LogP contribution >= 0.6 is 11.6 Å². The number of amides is 2. The van der Waals surface area contributed by atoms with Gasteiger partial charge in [0.15, 0.2) is 5.69 Å². The number of nitrogens with zero attached hydrogens (tertiary/aromatic N) is 3. The molecule has 184 valence electrons. The lowest BCUT2D eigenvalue weighted by Crippen LogP contribution is -2.52. The number of carboxylic acid groups (broad SMARTS) is 1. The number of ether oxygens (including phenoxy) is 1. The molecular formula is C23H30ClN5O5. The zero-order valence-electron chi connectivity index (χ0n) is 19.5. The van der Waals surface area contributed by atoms with Gasteiger partial charge < -0.3 is 25.5 Å². The van der Waals surface area contributed by atoms with Gasteiger partial charge >= 0.3 is 5.97 Å². The minimum absolute atomic E-state index is 0.0264. The third-order valence-electron chi connectivity index (χ3n) is 6.01. The molecule has 0 saturated carbocycles. The molecule has 34 heavy (non-hydrogen) atoms. The molecule has 11 heteroatoms. The largest absolute Gasteiger partial charge is 0.476 e. The number of rotatable bonds is 9. The van der Waals surface area contributed by atoms with Crippen LogP contribution in [0.2, 0.25) is 5.02 Å². The van der Waals surface area contributed by atoms with E-state index in [-0.39, 0.29) is 36.7 Å². The predicted octanol–water partition coefficient (Wildman–Crippen LogP) is 2.46. The number of hydrogen-bond acceptors (Lipinski definition) is 6. The van der Waals surface area contributed by atoms with E-state index in [1.807, 2.05) is 18.7 Å². The highest BCUT2D eigenvalue weighted by atomic mass is 35.5. The SMILES string of the molecule is COCc1nc(C(=O)O)c(C2CCN(C(C)C)C(C(N)=O)C2)n1CC(=O)Nc1ccc(Cl)cc1. The summed E-state index contributed by atoms with van der Waals surface area (Å²) in [7, 11) is 1.47. The van der Waals surface area contributed by atoms with Crippen LogP contribution in [0.15, 0.2) is 24.3 Å². The average molecular weight is 492 g/mol. The molecule has 10 nitrogen and oxygen atoms in total. The van der Waals surface area contributed by atoms with Crippen molar-refractivity contribution in [2.45, 2.75) is 57.8 Å². The van der Waals surface area contributed by atoms with Gasteiger partial charge in [0.05, 0.1) is 11.7 Å². The number of likely N-dealkylation sites (tertiary alicyclic amines) is 1. The van der Waals surface area contributed by atoms with Crippen molar-refractivity contribution in [2.75, 3.05) is 19.0 Å². The normalized spacial score (nSPS) is 18.7. The first-order chi connectivity index (χ1) is 16.1. The van der Waals surface area contributed by atoms with E-state index in [1.165, 1.54) is 7.11 Å². The van der Waals surface area contributed by atoms with Crippen LogP contribution in [0.3, 0.4) is 0 Å². The molecule has 3 rings (SSSR count). The van der Waals surface area contributed by atoms with Gasteiger partial charge in [0, 0.05) is 29.8 Å². The van der Waals surface area contributed by atoms with Crippen LogP contribution in [0, 0.1) is 0 Å². The van der Waals surface area contributed by atoms with Crippen molar-refractivity contribution < 1.29 is 24.2 Å². The Morgan fingerprint density at radius 2 is 1.97 bits per heavy atom. The lowest BCUT2D eigenvalue weighted by Gasteiger charge is -2.40. The van der Waals surface area contributed by atoms with E-state index in [1.54, 1.807) is 28.8 Å². The summed E-state index contributed by atoms with van der Waals surface area (Å²) >= 11 is 5.91. The number of methoxy groups -OCH3 is 1. The van der Waals surface area contributed by atoms with Crippen LogP contribution in [0.5, 0.6) is 0 Å². The zero-order valence-corrected chi connectivity index (χ0v) is 20.2. The topological polar surface area (TPSA) is 140 Å². The second-order valence-electron chi connectivity index (χ2n) is 8.61. The summed E-state index contributed by atoms with van der Waals surface area (Å²) in [4.78, 5) is 43.5. The fraction of sp³-hybridized carbons (Fsp3) is 0.478. The molecule has 0 aliphatic carbocycles. The molecule has 2 atom stereocenters. The highest BCUT2D eigenvalue weighted by molar-refractivity contribution is 6.30. The number of anilines is 1. The number of benzene rings is 1. The number of halogens is 1. The number of primary amides is 1. The van der Waals surface area contributed by atoms with Gasteiger partial charge in [0.1, 0.15) is 19.0 Å². The molecule has 2 heterocycles. The van der Waals surface area contributed by atoms with Crippen LogP contribution in [0.4, 0.5) is 5.69 Å². The smallest absolute Gasteiger partial charge is 0.356 e. The first kappa shape index (κ1) is 25.7. The molecular weight excluding hydrogens is 462 g/mol. The van der Waals surface area contributed by atoms with E-state index in [4.69, 9.17) is 22.1 Å². The quantitative estimate of drug-likeness (QED) is 0.489. The van der Waals surface area contributed by atoms with Crippen molar-refractivity contribution in [1.29, 1.82) is 0 Å². The fourth-order valence-electron chi connectivity index (χ4n) is 4.51. The molecule has 0 radical (unpaired) electrons. The molecule has 4 N–H and O–H groups in total. The number of hydrogen-bond donors (Lipinski definition) is 3. The maximum absolute atomic E-state index is 12.9. The molecule has 1 saturated heterocycles. The third kappa shape index (κ3) is 5.75. The van der Waals surface area contributed by atoms with Gasteiger partial charge in [-0.05, 0) is 57.5 Å². The first-order valence-electron chi connectivity index (χ1n) is 11.0. The van der Waals surface area contributed by atoms with Gasteiger partial charge in [-0.3, -0.25) is 14.5 Å². The van der Waals surface area contributed by atoms with E-state index >= 15 is 0 Å². The molecule has 2 aromatic rings. The Morgan fingerprint density at radius 3 is 2.53 bits per heavy atom.